The summed E-state index contributed by atoms with van der Waals surface area (Å²) in [5, 5.41) is 21.2. The van der Waals surface area contributed by atoms with Gasteiger partial charge < -0.3 is 10.4 Å². The Morgan fingerprint density at radius 2 is 1.88 bits per heavy atom. The van der Waals surface area contributed by atoms with Gasteiger partial charge in [-0.25, -0.2) is 0 Å². The molecule has 0 aliphatic carbocycles. The van der Waals surface area contributed by atoms with Crippen molar-refractivity contribution in [2.24, 2.45) is 0 Å². The third-order valence-electron chi connectivity index (χ3n) is 3.33. The van der Waals surface area contributed by atoms with E-state index in [2.05, 4.69) is 5.32 Å². The van der Waals surface area contributed by atoms with Crippen LogP contribution in [0.5, 0.6) is 0 Å². The predicted octanol–water partition coefficient (Wildman–Crippen LogP) is 3.04. The van der Waals surface area contributed by atoms with Crippen LogP contribution < -0.4 is 5.32 Å². The summed E-state index contributed by atoms with van der Waals surface area (Å²) >= 11 is 0. The van der Waals surface area contributed by atoms with E-state index in [1.165, 1.54) is 12.1 Å². The van der Waals surface area contributed by atoms with Crippen LogP contribution in [-0.4, -0.2) is 17.6 Å². The lowest BCUT2D eigenvalue weighted by Crippen LogP contribution is -2.28. The van der Waals surface area contributed by atoms with Crippen molar-refractivity contribution in [2.75, 3.05) is 6.54 Å². The average molecular weight is 334 g/mol. The summed E-state index contributed by atoms with van der Waals surface area (Å²) in [5.41, 5.74) is 0.0319. The molecule has 0 aliphatic rings. The number of aliphatic hydroxyl groups is 1. The van der Waals surface area contributed by atoms with Gasteiger partial charge in [0.1, 0.15) is 0 Å². The molecule has 7 heteroatoms. The molecule has 0 aromatic heterocycles. The van der Waals surface area contributed by atoms with Crippen molar-refractivity contribution in [1.82, 2.24) is 5.32 Å². The van der Waals surface area contributed by atoms with Crippen molar-refractivity contribution in [1.29, 1.82) is 5.26 Å². The lowest BCUT2D eigenvalue weighted by Gasteiger charge is -2.14. The third kappa shape index (κ3) is 4.33. The number of nitriles is 1. The maximum atomic E-state index is 12.5. The minimum atomic E-state index is -4.44. The summed E-state index contributed by atoms with van der Waals surface area (Å²) < 4.78 is 37.4. The van der Waals surface area contributed by atoms with Crippen molar-refractivity contribution in [2.45, 2.75) is 12.3 Å². The SMILES string of the molecule is N#Cc1cccc(C(=O)NCC(O)c2ccc(C(F)(F)F)cc2)c1. The van der Waals surface area contributed by atoms with Crippen LogP contribution in [0.15, 0.2) is 48.5 Å². The summed E-state index contributed by atoms with van der Waals surface area (Å²) in [7, 11) is 0. The average Bonchev–Trinajstić information content (AvgIpc) is 2.58. The molecule has 0 radical (unpaired) electrons. The number of hydrogen-bond acceptors (Lipinski definition) is 3. The molecule has 0 saturated carbocycles. The highest BCUT2D eigenvalue weighted by molar-refractivity contribution is 5.94. The Morgan fingerprint density at radius 3 is 2.46 bits per heavy atom. The van der Waals surface area contributed by atoms with Crippen molar-refractivity contribution in [3.8, 4) is 6.07 Å². The molecule has 24 heavy (non-hydrogen) atoms. The van der Waals surface area contributed by atoms with E-state index in [4.69, 9.17) is 5.26 Å². The Kier molecular flexibility index (Phi) is 5.21. The molecular weight excluding hydrogens is 321 g/mol. The van der Waals surface area contributed by atoms with E-state index in [0.717, 1.165) is 24.3 Å². The summed E-state index contributed by atoms with van der Waals surface area (Å²) in [5.74, 6) is -0.488. The summed E-state index contributed by atoms with van der Waals surface area (Å²) in [6, 6.07) is 12.0. The number of amides is 1. The van der Waals surface area contributed by atoms with E-state index in [1.807, 2.05) is 6.07 Å². The van der Waals surface area contributed by atoms with Gasteiger partial charge in [-0.15, -0.1) is 0 Å². The fourth-order valence-electron chi connectivity index (χ4n) is 2.03. The molecule has 2 aromatic rings. The second kappa shape index (κ2) is 7.15. The van der Waals surface area contributed by atoms with Crippen molar-refractivity contribution in [3.05, 3.63) is 70.8 Å². The highest BCUT2D eigenvalue weighted by atomic mass is 19.4. The fourth-order valence-corrected chi connectivity index (χ4v) is 2.03. The lowest BCUT2D eigenvalue weighted by molar-refractivity contribution is -0.137. The smallest absolute Gasteiger partial charge is 0.387 e. The number of benzene rings is 2. The molecular formula is C17H13F3N2O2. The standard InChI is InChI=1S/C17H13F3N2O2/c18-17(19,20)14-6-4-12(5-7-14)15(23)10-22-16(24)13-3-1-2-11(8-13)9-21/h1-8,15,23H,10H2,(H,22,24). The van der Waals surface area contributed by atoms with Gasteiger partial charge in [0.25, 0.3) is 5.91 Å². The molecule has 0 spiro atoms. The minimum absolute atomic E-state index is 0.166. The molecule has 1 unspecified atom stereocenters. The van der Waals surface area contributed by atoms with E-state index >= 15 is 0 Å². The number of aliphatic hydroxyl groups excluding tert-OH is 1. The van der Waals surface area contributed by atoms with Gasteiger partial charge in [0, 0.05) is 12.1 Å². The first-order valence-corrected chi connectivity index (χ1v) is 6.95. The van der Waals surface area contributed by atoms with E-state index in [1.54, 1.807) is 12.1 Å². The second-order valence-electron chi connectivity index (χ2n) is 5.04. The van der Waals surface area contributed by atoms with Gasteiger partial charge >= 0.3 is 6.18 Å². The number of alkyl halides is 3. The van der Waals surface area contributed by atoms with E-state index in [9.17, 15) is 23.1 Å². The van der Waals surface area contributed by atoms with Gasteiger partial charge in [-0.3, -0.25) is 4.79 Å². The zero-order valence-electron chi connectivity index (χ0n) is 12.3. The molecule has 2 rings (SSSR count). The molecule has 0 fully saturated rings. The first kappa shape index (κ1) is 17.5. The Labute approximate surface area is 136 Å². The van der Waals surface area contributed by atoms with Gasteiger partial charge in [0.2, 0.25) is 0 Å². The Balaban J connectivity index is 1.98. The first-order valence-electron chi connectivity index (χ1n) is 6.95. The van der Waals surface area contributed by atoms with E-state index < -0.39 is 23.8 Å². The molecule has 4 nitrogen and oxygen atoms in total. The lowest BCUT2D eigenvalue weighted by atomic mass is 10.1. The molecule has 124 valence electrons. The number of carbonyl (C=O) groups excluding carboxylic acids is 1. The summed E-state index contributed by atoms with van der Waals surface area (Å²) in [6.45, 7) is -0.166. The molecule has 2 N–H and O–H groups in total. The van der Waals surface area contributed by atoms with Crippen LogP contribution in [0.3, 0.4) is 0 Å². The summed E-state index contributed by atoms with van der Waals surface area (Å²) in [4.78, 5) is 12.0. The quantitative estimate of drug-likeness (QED) is 0.903. The number of halogens is 3. The Morgan fingerprint density at radius 1 is 1.21 bits per heavy atom. The van der Waals surface area contributed by atoms with Crippen LogP contribution in [0, 0.1) is 11.3 Å². The molecule has 1 atom stereocenters. The van der Waals surface area contributed by atoms with Crippen molar-refractivity contribution < 1.29 is 23.1 Å². The fraction of sp³-hybridized carbons (Fsp3) is 0.176. The molecule has 2 aromatic carbocycles. The molecule has 1 amide bonds. The second-order valence-corrected chi connectivity index (χ2v) is 5.04. The number of nitrogens with one attached hydrogen (secondary N) is 1. The Bertz CT molecular complexity index is 765. The number of nitrogens with zero attached hydrogens (tertiary/aromatic N) is 1. The van der Waals surface area contributed by atoms with Gasteiger partial charge in [0.15, 0.2) is 0 Å². The zero-order chi connectivity index (χ0) is 17.7. The normalized spacial score (nSPS) is 12.3. The van der Waals surface area contributed by atoms with Gasteiger partial charge in [0.05, 0.1) is 23.3 Å². The number of hydrogen-bond donors (Lipinski definition) is 2. The van der Waals surface area contributed by atoms with Crippen LogP contribution in [0.25, 0.3) is 0 Å². The maximum Gasteiger partial charge on any atom is 0.416 e. The van der Waals surface area contributed by atoms with Crippen LogP contribution in [0.4, 0.5) is 13.2 Å². The monoisotopic (exact) mass is 334 g/mol. The zero-order valence-corrected chi connectivity index (χ0v) is 12.3. The van der Waals surface area contributed by atoms with Gasteiger partial charge in [-0.05, 0) is 35.9 Å². The predicted molar refractivity (Wildman–Crippen MR) is 79.9 cm³/mol. The van der Waals surface area contributed by atoms with E-state index in [0.29, 0.717) is 5.56 Å². The van der Waals surface area contributed by atoms with Crippen molar-refractivity contribution >= 4 is 5.91 Å². The molecule has 0 bridgehead atoms. The van der Waals surface area contributed by atoms with E-state index in [-0.39, 0.29) is 17.7 Å². The highest BCUT2D eigenvalue weighted by Crippen LogP contribution is 2.29. The van der Waals surface area contributed by atoms with Gasteiger partial charge in [-0.1, -0.05) is 18.2 Å². The van der Waals surface area contributed by atoms with Crippen LogP contribution in [0.1, 0.15) is 33.2 Å². The van der Waals surface area contributed by atoms with Crippen molar-refractivity contribution in [3.63, 3.8) is 0 Å². The third-order valence-corrected chi connectivity index (χ3v) is 3.33. The van der Waals surface area contributed by atoms with Gasteiger partial charge in [-0.2, -0.15) is 18.4 Å². The number of carbonyl (C=O) groups is 1. The molecule has 0 heterocycles. The number of rotatable bonds is 4. The molecule has 0 aliphatic heterocycles. The molecule has 0 saturated heterocycles. The summed E-state index contributed by atoms with van der Waals surface area (Å²) in [6.07, 6.45) is -5.58. The topological polar surface area (TPSA) is 73.1 Å². The first-order chi connectivity index (χ1) is 11.3. The highest BCUT2D eigenvalue weighted by Gasteiger charge is 2.30. The maximum absolute atomic E-state index is 12.5. The largest absolute Gasteiger partial charge is 0.416 e. The van der Waals surface area contributed by atoms with Crippen LogP contribution >= 0.6 is 0 Å². The Hall–Kier alpha value is -2.85. The minimum Gasteiger partial charge on any atom is -0.387 e. The van der Waals surface area contributed by atoms with Crippen LogP contribution in [-0.2, 0) is 6.18 Å². The van der Waals surface area contributed by atoms with Crippen LogP contribution in [0.2, 0.25) is 0 Å².